The van der Waals surface area contributed by atoms with Crippen molar-refractivity contribution in [1.29, 1.82) is 0 Å². The van der Waals surface area contributed by atoms with Crippen LogP contribution in [0.4, 0.5) is 11.6 Å². The van der Waals surface area contributed by atoms with Crippen molar-refractivity contribution in [3.05, 3.63) is 54.6 Å². The molecule has 0 aromatic carbocycles. The molecule has 5 rings (SSSR count). The predicted molar refractivity (Wildman–Crippen MR) is 135 cm³/mol. The van der Waals surface area contributed by atoms with Crippen molar-refractivity contribution < 1.29 is 0 Å². The standard InChI is InChI=1S/C26H32N8/c1-26(2,3)21-14-25(32-28-17-21)31-24-8-7-22-23(30-24)13-19(15-27-22)20-16-29-34(18-20)12-6-11-33-9-4-5-10-33/h7-8,13-18H,4-6,9-12H2,1-3H3,(H,30,31,32). The SMILES string of the molecule is CC(C)(C)c1cnnc(Nc2ccc3ncc(-c4cnn(CCCN5CCCC5)c4)cc3n2)c1. The lowest BCUT2D eigenvalue weighted by atomic mass is 9.89. The molecule has 0 aliphatic carbocycles. The summed E-state index contributed by atoms with van der Waals surface area (Å²) in [5.74, 6) is 1.39. The smallest absolute Gasteiger partial charge is 0.154 e. The third kappa shape index (κ3) is 5.22. The minimum Gasteiger partial charge on any atom is -0.323 e. The maximum Gasteiger partial charge on any atom is 0.154 e. The predicted octanol–water partition coefficient (Wildman–Crippen LogP) is 4.81. The summed E-state index contributed by atoms with van der Waals surface area (Å²) in [5.41, 5.74) is 4.86. The van der Waals surface area contributed by atoms with Gasteiger partial charge < -0.3 is 10.2 Å². The Balaban J connectivity index is 1.30. The second-order valence-electron chi connectivity index (χ2n) is 10.1. The van der Waals surface area contributed by atoms with Crippen molar-refractivity contribution in [2.24, 2.45) is 0 Å². The van der Waals surface area contributed by atoms with Crippen molar-refractivity contribution in [3.63, 3.8) is 0 Å². The molecule has 176 valence electrons. The van der Waals surface area contributed by atoms with E-state index in [9.17, 15) is 0 Å². The molecule has 0 radical (unpaired) electrons. The molecule has 5 heterocycles. The molecule has 0 saturated carbocycles. The fraction of sp³-hybridized carbons (Fsp3) is 0.423. The van der Waals surface area contributed by atoms with Crippen LogP contribution in [0.5, 0.6) is 0 Å². The van der Waals surface area contributed by atoms with Gasteiger partial charge in [-0.25, -0.2) is 4.98 Å². The molecule has 1 aliphatic heterocycles. The molecular weight excluding hydrogens is 424 g/mol. The van der Waals surface area contributed by atoms with E-state index in [0.29, 0.717) is 11.6 Å². The molecule has 1 saturated heterocycles. The monoisotopic (exact) mass is 456 g/mol. The van der Waals surface area contributed by atoms with Gasteiger partial charge in [0.25, 0.3) is 0 Å². The zero-order valence-corrected chi connectivity index (χ0v) is 20.2. The Morgan fingerprint density at radius 1 is 0.912 bits per heavy atom. The first-order chi connectivity index (χ1) is 16.4. The molecule has 0 bridgehead atoms. The molecular formula is C26H32N8. The molecule has 1 N–H and O–H groups in total. The third-order valence-electron chi connectivity index (χ3n) is 6.34. The number of hydrogen-bond acceptors (Lipinski definition) is 7. The molecule has 8 heteroatoms. The summed E-state index contributed by atoms with van der Waals surface area (Å²) in [6.07, 6.45) is 11.5. The van der Waals surface area contributed by atoms with E-state index >= 15 is 0 Å². The first kappa shape index (κ1) is 22.4. The van der Waals surface area contributed by atoms with Gasteiger partial charge in [0.05, 0.1) is 23.4 Å². The molecule has 8 nitrogen and oxygen atoms in total. The summed E-state index contributed by atoms with van der Waals surface area (Å²) in [6, 6.07) is 7.97. The van der Waals surface area contributed by atoms with Crippen LogP contribution < -0.4 is 5.32 Å². The third-order valence-corrected chi connectivity index (χ3v) is 6.34. The highest BCUT2D eigenvalue weighted by Gasteiger charge is 2.15. The van der Waals surface area contributed by atoms with E-state index in [1.807, 2.05) is 41.5 Å². The highest BCUT2D eigenvalue weighted by atomic mass is 15.3. The quantitative estimate of drug-likeness (QED) is 0.427. The van der Waals surface area contributed by atoms with Crippen LogP contribution in [0.3, 0.4) is 0 Å². The largest absolute Gasteiger partial charge is 0.323 e. The Morgan fingerprint density at radius 3 is 2.59 bits per heavy atom. The average molecular weight is 457 g/mol. The van der Waals surface area contributed by atoms with E-state index in [1.54, 1.807) is 0 Å². The van der Waals surface area contributed by atoms with E-state index < -0.39 is 0 Å². The molecule has 4 aromatic heterocycles. The minimum atomic E-state index is 0.000618. The Bertz CT molecular complexity index is 1270. The molecule has 0 unspecified atom stereocenters. The number of anilines is 2. The Kier molecular flexibility index (Phi) is 6.24. The Morgan fingerprint density at radius 2 is 1.76 bits per heavy atom. The first-order valence-corrected chi connectivity index (χ1v) is 12.1. The number of aromatic nitrogens is 6. The van der Waals surface area contributed by atoms with Gasteiger partial charge >= 0.3 is 0 Å². The van der Waals surface area contributed by atoms with Gasteiger partial charge in [-0.05, 0) is 74.1 Å². The van der Waals surface area contributed by atoms with Crippen molar-refractivity contribution in [2.75, 3.05) is 25.0 Å². The van der Waals surface area contributed by atoms with E-state index in [0.717, 1.165) is 47.2 Å². The zero-order chi connectivity index (χ0) is 23.5. The van der Waals surface area contributed by atoms with Crippen LogP contribution in [0.25, 0.3) is 22.2 Å². The highest BCUT2D eigenvalue weighted by molar-refractivity contribution is 5.81. The summed E-state index contributed by atoms with van der Waals surface area (Å²) in [5, 5.41) is 16.2. The van der Waals surface area contributed by atoms with Gasteiger partial charge in [0.15, 0.2) is 5.82 Å². The van der Waals surface area contributed by atoms with Gasteiger partial charge in [-0.2, -0.15) is 10.2 Å². The summed E-state index contributed by atoms with van der Waals surface area (Å²) in [7, 11) is 0. The zero-order valence-electron chi connectivity index (χ0n) is 20.2. The molecule has 1 aliphatic rings. The average Bonchev–Trinajstić information content (AvgIpc) is 3.51. The van der Waals surface area contributed by atoms with Gasteiger partial charge in [0.1, 0.15) is 5.82 Å². The lowest BCUT2D eigenvalue weighted by Crippen LogP contribution is -2.21. The number of hydrogen-bond donors (Lipinski definition) is 1. The Hall–Kier alpha value is -3.39. The maximum absolute atomic E-state index is 4.77. The van der Waals surface area contributed by atoms with Crippen LogP contribution >= 0.6 is 0 Å². The van der Waals surface area contributed by atoms with Gasteiger partial charge in [0.2, 0.25) is 0 Å². The number of likely N-dealkylation sites (tertiary alicyclic amines) is 1. The lowest BCUT2D eigenvalue weighted by molar-refractivity contribution is 0.322. The van der Waals surface area contributed by atoms with Crippen LogP contribution in [0.1, 0.15) is 45.6 Å². The second-order valence-corrected chi connectivity index (χ2v) is 10.1. The van der Waals surface area contributed by atoms with Crippen LogP contribution in [-0.2, 0) is 12.0 Å². The van der Waals surface area contributed by atoms with E-state index in [-0.39, 0.29) is 5.41 Å². The van der Waals surface area contributed by atoms with Crippen LogP contribution in [0, 0.1) is 0 Å². The molecule has 0 atom stereocenters. The Labute approximate surface area is 200 Å². The fourth-order valence-corrected chi connectivity index (χ4v) is 4.30. The van der Waals surface area contributed by atoms with Gasteiger partial charge in [-0.3, -0.25) is 9.67 Å². The molecule has 0 spiro atoms. The minimum absolute atomic E-state index is 0.000618. The molecule has 1 fully saturated rings. The van der Waals surface area contributed by atoms with E-state index in [4.69, 9.17) is 4.98 Å². The summed E-state index contributed by atoms with van der Waals surface area (Å²) < 4.78 is 2.03. The highest BCUT2D eigenvalue weighted by Crippen LogP contribution is 2.25. The first-order valence-electron chi connectivity index (χ1n) is 12.1. The number of nitrogens with one attached hydrogen (secondary N) is 1. The van der Waals surface area contributed by atoms with Gasteiger partial charge in [0, 0.05) is 30.1 Å². The normalized spacial score (nSPS) is 14.7. The lowest BCUT2D eigenvalue weighted by Gasteiger charge is -2.18. The molecule has 0 amide bonds. The fourth-order valence-electron chi connectivity index (χ4n) is 4.30. The van der Waals surface area contributed by atoms with Gasteiger partial charge in [-0.15, -0.1) is 5.10 Å². The topological polar surface area (TPSA) is 84.7 Å². The number of rotatable bonds is 7. The van der Waals surface area contributed by atoms with Crippen molar-refractivity contribution in [2.45, 2.75) is 52.0 Å². The maximum atomic E-state index is 4.77. The summed E-state index contributed by atoms with van der Waals surface area (Å²) in [4.78, 5) is 11.9. The van der Waals surface area contributed by atoms with E-state index in [2.05, 4.69) is 63.5 Å². The number of fused-ring (bicyclic) bond motifs is 1. The van der Waals surface area contributed by atoms with Crippen LogP contribution in [0.2, 0.25) is 0 Å². The molecule has 34 heavy (non-hydrogen) atoms. The number of aryl methyl sites for hydroxylation is 1. The number of nitrogens with zero attached hydrogens (tertiary/aromatic N) is 7. The summed E-state index contributed by atoms with van der Waals surface area (Å²) in [6.45, 7) is 11.0. The van der Waals surface area contributed by atoms with Crippen LogP contribution in [0.15, 0.2) is 49.1 Å². The van der Waals surface area contributed by atoms with E-state index in [1.165, 1.54) is 25.9 Å². The van der Waals surface area contributed by atoms with Gasteiger partial charge in [-0.1, -0.05) is 20.8 Å². The second kappa shape index (κ2) is 9.46. The van der Waals surface area contributed by atoms with Crippen molar-refractivity contribution in [3.8, 4) is 11.1 Å². The van der Waals surface area contributed by atoms with Crippen molar-refractivity contribution in [1.82, 2.24) is 34.8 Å². The number of pyridine rings is 2. The molecule has 4 aromatic rings. The van der Waals surface area contributed by atoms with Crippen LogP contribution in [-0.4, -0.2) is 54.5 Å². The van der Waals surface area contributed by atoms with Crippen molar-refractivity contribution >= 4 is 22.7 Å². The summed E-state index contributed by atoms with van der Waals surface area (Å²) >= 11 is 0.